The van der Waals surface area contributed by atoms with Crippen molar-refractivity contribution in [2.75, 3.05) is 22.9 Å². The second-order valence-electron chi connectivity index (χ2n) is 6.52. The van der Waals surface area contributed by atoms with Gasteiger partial charge >= 0.3 is 5.97 Å². The van der Waals surface area contributed by atoms with Crippen LogP contribution in [-0.2, 0) is 4.79 Å². The smallest absolute Gasteiger partial charge is 0.365 e. The van der Waals surface area contributed by atoms with E-state index in [1.54, 1.807) is 6.07 Å². The van der Waals surface area contributed by atoms with Crippen LogP contribution >= 0.6 is 0 Å². The van der Waals surface area contributed by atoms with Crippen LogP contribution in [0.1, 0.15) is 40.2 Å². The third-order valence-electron chi connectivity index (χ3n) is 4.37. The first kappa shape index (κ1) is 17.3. The molecule has 0 amide bonds. The number of rotatable bonds is 4. The molecule has 0 aliphatic carbocycles. The third kappa shape index (κ3) is 3.33. The summed E-state index contributed by atoms with van der Waals surface area (Å²) in [6, 6.07) is 6.38. The van der Waals surface area contributed by atoms with E-state index in [-0.39, 0.29) is 5.57 Å². The second-order valence-corrected chi connectivity index (χ2v) is 6.52. The van der Waals surface area contributed by atoms with E-state index in [9.17, 15) is 9.18 Å². The van der Waals surface area contributed by atoms with E-state index in [4.69, 9.17) is 5.11 Å². The molecule has 1 aromatic rings. The van der Waals surface area contributed by atoms with Crippen molar-refractivity contribution in [3.8, 4) is 0 Å². The number of anilines is 2. The number of carbonyl (C=O) groups is 1. The maximum absolute atomic E-state index is 13.8. The normalized spacial score (nSPS) is 15.8. The number of fused-ring (bicyclic) bond motifs is 1. The molecule has 5 heteroatoms. The fourth-order valence-corrected chi connectivity index (χ4v) is 3.05. The molecule has 0 bridgehead atoms. The van der Waals surface area contributed by atoms with Crippen LogP contribution in [0.25, 0.3) is 5.57 Å². The SMILES string of the molecule is CC(=C(F)C(=O)O)c1ccc2c(c1)N(C(C)C)CCN2C(C)C. The summed E-state index contributed by atoms with van der Waals surface area (Å²) in [5.74, 6) is -2.62. The molecule has 1 aromatic carbocycles. The minimum Gasteiger partial charge on any atom is -0.476 e. The van der Waals surface area contributed by atoms with E-state index in [2.05, 4.69) is 37.5 Å². The third-order valence-corrected chi connectivity index (χ3v) is 4.37. The van der Waals surface area contributed by atoms with Gasteiger partial charge in [-0.3, -0.25) is 0 Å². The molecule has 0 radical (unpaired) electrons. The Morgan fingerprint density at radius 2 is 1.61 bits per heavy atom. The van der Waals surface area contributed by atoms with Crippen LogP contribution in [0.4, 0.5) is 15.8 Å². The lowest BCUT2D eigenvalue weighted by molar-refractivity contribution is -0.134. The highest BCUT2D eigenvalue weighted by Crippen LogP contribution is 2.38. The fraction of sp³-hybridized carbons (Fsp3) is 0.500. The lowest BCUT2D eigenvalue weighted by Gasteiger charge is -2.43. The first-order valence-corrected chi connectivity index (χ1v) is 8.01. The molecule has 0 unspecified atom stereocenters. The summed E-state index contributed by atoms with van der Waals surface area (Å²) in [5, 5.41) is 8.86. The molecule has 0 saturated carbocycles. The Hall–Kier alpha value is -2.04. The molecule has 1 aliphatic heterocycles. The van der Waals surface area contributed by atoms with Crippen LogP contribution in [0, 0.1) is 0 Å². The van der Waals surface area contributed by atoms with Gasteiger partial charge in [-0.05, 0) is 57.9 Å². The van der Waals surface area contributed by atoms with Gasteiger partial charge in [0.25, 0.3) is 0 Å². The molecular formula is C18H25FN2O2. The van der Waals surface area contributed by atoms with E-state index >= 15 is 0 Å². The van der Waals surface area contributed by atoms with Crippen molar-refractivity contribution in [2.45, 2.75) is 46.7 Å². The zero-order valence-corrected chi connectivity index (χ0v) is 14.4. The number of hydrogen-bond acceptors (Lipinski definition) is 3. The Morgan fingerprint density at radius 1 is 1.09 bits per heavy atom. The van der Waals surface area contributed by atoms with Gasteiger partial charge < -0.3 is 14.9 Å². The molecule has 2 rings (SSSR count). The summed E-state index contributed by atoms with van der Waals surface area (Å²) in [7, 11) is 0. The van der Waals surface area contributed by atoms with E-state index in [0.29, 0.717) is 17.6 Å². The minimum atomic E-state index is -1.52. The van der Waals surface area contributed by atoms with Crippen LogP contribution in [0.15, 0.2) is 24.0 Å². The molecule has 0 atom stereocenters. The quantitative estimate of drug-likeness (QED) is 0.854. The molecule has 1 N–H and O–H groups in total. The summed E-state index contributed by atoms with van der Waals surface area (Å²) < 4.78 is 13.8. The molecular weight excluding hydrogens is 295 g/mol. The van der Waals surface area contributed by atoms with Crippen LogP contribution in [0.2, 0.25) is 0 Å². The number of allylic oxidation sites excluding steroid dienone is 1. The average molecular weight is 320 g/mol. The highest BCUT2D eigenvalue weighted by molar-refractivity contribution is 5.94. The molecule has 0 aromatic heterocycles. The Balaban J connectivity index is 2.56. The maximum Gasteiger partial charge on any atom is 0.365 e. The summed E-state index contributed by atoms with van der Waals surface area (Å²) in [6.07, 6.45) is 0. The van der Waals surface area contributed by atoms with Gasteiger partial charge in [0.2, 0.25) is 5.83 Å². The van der Waals surface area contributed by atoms with Gasteiger partial charge in [-0.2, -0.15) is 4.39 Å². The lowest BCUT2D eigenvalue weighted by Crippen LogP contribution is -2.46. The van der Waals surface area contributed by atoms with Crippen LogP contribution in [0.3, 0.4) is 0 Å². The summed E-state index contributed by atoms with van der Waals surface area (Å²) in [6.45, 7) is 11.9. The number of carboxylic acid groups (broad SMARTS) is 1. The van der Waals surface area contributed by atoms with Gasteiger partial charge in [0.05, 0.1) is 11.4 Å². The summed E-state index contributed by atoms with van der Waals surface area (Å²) in [5.41, 5.74) is 2.92. The topological polar surface area (TPSA) is 43.8 Å². The monoisotopic (exact) mass is 320 g/mol. The number of hydrogen-bond donors (Lipinski definition) is 1. The molecule has 0 fully saturated rings. The Morgan fingerprint density at radius 3 is 2.09 bits per heavy atom. The highest BCUT2D eigenvalue weighted by Gasteiger charge is 2.26. The van der Waals surface area contributed by atoms with Crippen molar-refractivity contribution >= 4 is 22.9 Å². The zero-order chi connectivity index (χ0) is 17.3. The standard InChI is InChI=1S/C18H25FN2O2/c1-11(2)20-8-9-21(12(3)4)16-10-14(6-7-15(16)20)13(5)17(19)18(22)23/h6-7,10-12H,8-9H2,1-5H3,(H,22,23). The minimum absolute atomic E-state index is 0.158. The molecule has 0 spiro atoms. The highest BCUT2D eigenvalue weighted by atomic mass is 19.1. The molecule has 0 saturated heterocycles. The van der Waals surface area contributed by atoms with Gasteiger partial charge in [0.1, 0.15) is 0 Å². The molecule has 4 nitrogen and oxygen atoms in total. The number of aliphatic carboxylic acids is 1. The largest absolute Gasteiger partial charge is 0.476 e. The predicted octanol–water partition coefficient (Wildman–Crippen LogP) is 3.91. The Labute approximate surface area is 137 Å². The van der Waals surface area contributed by atoms with Gasteiger partial charge in [-0.25, -0.2) is 4.79 Å². The number of nitrogens with zero attached hydrogens (tertiary/aromatic N) is 2. The Kier molecular flexibility index (Phi) is 4.97. The summed E-state index contributed by atoms with van der Waals surface area (Å²) >= 11 is 0. The van der Waals surface area contributed by atoms with E-state index < -0.39 is 11.8 Å². The first-order valence-electron chi connectivity index (χ1n) is 8.01. The van der Waals surface area contributed by atoms with Crippen LogP contribution < -0.4 is 9.80 Å². The van der Waals surface area contributed by atoms with Crippen LogP contribution in [-0.4, -0.2) is 36.2 Å². The van der Waals surface area contributed by atoms with Gasteiger partial charge in [-0.1, -0.05) is 6.07 Å². The van der Waals surface area contributed by atoms with Gasteiger partial charge in [0.15, 0.2) is 0 Å². The molecule has 1 heterocycles. The maximum atomic E-state index is 13.8. The molecule has 126 valence electrons. The Bertz CT molecular complexity index is 638. The van der Waals surface area contributed by atoms with E-state index in [0.717, 1.165) is 24.5 Å². The first-order chi connectivity index (χ1) is 10.7. The van der Waals surface area contributed by atoms with E-state index in [1.165, 1.54) is 6.92 Å². The van der Waals surface area contributed by atoms with Gasteiger partial charge in [0, 0.05) is 25.2 Å². The fourth-order valence-electron chi connectivity index (χ4n) is 3.05. The molecule has 23 heavy (non-hydrogen) atoms. The average Bonchev–Trinajstić information content (AvgIpc) is 2.51. The van der Waals surface area contributed by atoms with Crippen LogP contribution in [0.5, 0.6) is 0 Å². The van der Waals surface area contributed by atoms with Crippen molar-refractivity contribution < 1.29 is 14.3 Å². The molecule has 1 aliphatic rings. The van der Waals surface area contributed by atoms with Crippen molar-refractivity contribution in [1.29, 1.82) is 0 Å². The van der Waals surface area contributed by atoms with Crippen molar-refractivity contribution in [2.24, 2.45) is 0 Å². The van der Waals surface area contributed by atoms with Crippen molar-refractivity contribution in [3.63, 3.8) is 0 Å². The summed E-state index contributed by atoms with van der Waals surface area (Å²) in [4.78, 5) is 15.5. The van der Waals surface area contributed by atoms with E-state index in [1.807, 2.05) is 12.1 Å². The van der Waals surface area contributed by atoms with Crippen molar-refractivity contribution in [1.82, 2.24) is 0 Å². The predicted molar refractivity (Wildman–Crippen MR) is 92.7 cm³/mol. The number of benzene rings is 1. The van der Waals surface area contributed by atoms with Crippen molar-refractivity contribution in [3.05, 3.63) is 29.6 Å². The lowest BCUT2D eigenvalue weighted by atomic mass is 10.0. The second kappa shape index (κ2) is 6.60. The number of carboxylic acids is 1. The number of halogens is 1. The van der Waals surface area contributed by atoms with Gasteiger partial charge in [-0.15, -0.1) is 0 Å². The zero-order valence-electron chi connectivity index (χ0n) is 14.4.